The second kappa shape index (κ2) is 7.05. The lowest BCUT2D eigenvalue weighted by molar-refractivity contribution is 0.0697. The van der Waals surface area contributed by atoms with Gasteiger partial charge >= 0.3 is 0 Å². The molecule has 8 heteroatoms. The highest BCUT2D eigenvalue weighted by Gasteiger charge is 2.38. The number of carbonyl (C=O) groups is 1. The molecule has 1 saturated heterocycles. The number of benzene rings is 1. The SMILES string of the molecule is O=C(c1cnccn1)N1Cc2cc(N3CCOCC3)ccc2C1c1cnco1. The maximum absolute atomic E-state index is 13.1. The summed E-state index contributed by atoms with van der Waals surface area (Å²) in [6, 6.07) is 6.01. The fourth-order valence-corrected chi connectivity index (χ4v) is 3.87. The molecule has 8 nitrogen and oxygen atoms in total. The maximum Gasteiger partial charge on any atom is 0.275 e. The number of nitrogens with zero attached hydrogens (tertiary/aromatic N) is 5. The van der Waals surface area contributed by atoms with Crippen molar-refractivity contribution in [2.24, 2.45) is 0 Å². The van der Waals surface area contributed by atoms with Crippen molar-refractivity contribution >= 4 is 11.6 Å². The number of aromatic nitrogens is 3. The van der Waals surface area contributed by atoms with E-state index in [2.05, 4.69) is 38.1 Å². The van der Waals surface area contributed by atoms with Crippen LogP contribution in [0.5, 0.6) is 0 Å². The van der Waals surface area contributed by atoms with Gasteiger partial charge in [-0.2, -0.15) is 0 Å². The third-order valence-electron chi connectivity index (χ3n) is 5.21. The summed E-state index contributed by atoms with van der Waals surface area (Å²) in [6.45, 7) is 3.68. The van der Waals surface area contributed by atoms with Gasteiger partial charge in [0.25, 0.3) is 5.91 Å². The zero-order valence-electron chi connectivity index (χ0n) is 15.2. The van der Waals surface area contributed by atoms with Crippen molar-refractivity contribution < 1.29 is 13.9 Å². The predicted octanol–water partition coefficient (Wildman–Crippen LogP) is 2.05. The van der Waals surface area contributed by atoms with Crippen molar-refractivity contribution in [2.75, 3.05) is 31.2 Å². The molecule has 0 radical (unpaired) electrons. The molecule has 0 bridgehead atoms. The van der Waals surface area contributed by atoms with Crippen LogP contribution in [0.2, 0.25) is 0 Å². The Bertz CT molecular complexity index is 971. The van der Waals surface area contributed by atoms with Crippen LogP contribution in [0.1, 0.15) is 33.4 Å². The Morgan fingerprint density at radius 3 is 2.75 bits per heavy atom. The topological polar surface area (TPSA) is 84.6 Å². The number of morpholine rings is 1. The molecule has 1 fully saturated rings. The van der Waals surface area contributed by atoms with Crippen molar-refractivity contribution in [3.05, 3.63) is 72.0 Å². The van der Waals surface area contributed by atoms with Crippen molar-refractivity contribution in [1.29, 1.82) is 0 Å². The smallest absolute Gasteiger partial charge is 0.275 e. The summed E-state index contributed by atoms with van der Waals surface area (Å²) in [7, 11) is 0. The van der Waals surface area contributed by atoms with E-state index >= 15 is 0 Å². The summed E-state index contributed by atoms with van der Waals surface area (Å²) in [4.78, 5) is 29.4. The summed E-state index contributed by atoms with van der Waals surface area (Å²) < 4.78 is 11.0. The Kier molecular flexibility index (Phi) is 4.25. The molecular weight excluding hydrogens is 358 g/mol. The molecule has 0 aliphatic carbocycles. The molecule has 1 aromatic carbocycles. The molecule has 1 atom stereocenters. The van der Waals surface area contributed by atoms with E-state index < -0.39 is 0 Å². The molecule has 0 spiro atoms. The molecule has 142 valence electrons. The van der Waals surface area contributed by atoms with Crippen LogP contribution in [0.3, 0.4) is 0 Å². The van der Waals surface area contributed by atoms with Crippen molar-refractivity contribution in [3.8, 4) is 0 Å². The van der Waals surface area contributed by atoms with E-state index in [1.165, 1.54) is 18.8 Å². The first-order chi connectivity index (χ1) is 13.8. The standard InChI is InChI=1S/C20H19N5O3/c26-20(17-10-21-3-4-23-17)25-12-14-9-15(24-5-7-27-8-6-24)1-2-16(14)19(25)18-11-22-13-28-18/h1-4,9-11,13,19H,5-8,12H2. The van der Waals surface area contributed by atoms with Gasteiger partial charge in [-0.25, -0.2) is 9.97 Å². The van der Waals surface area contributed by atoms with Crippen LogP contribution >= 0.6 is 0 Å². The van der Waals surface area contributed by atoms with E-state index in [0.29, 0.717) is 18.0 Å². The number of anilines is 1. The van der Waals surface area contributed by atoms with Crippen LogP contribution in [0, 0.1) is 0 Å². The van der Waals surface area contributed by atoms with E-state index in [-0.39, 0.29) is 11.9 Å². The van der Waals surface area contributed by atoms with E-state index in [1.54, 1.807) is 17.3 Å². The van der Waals surface area contributed by atoms with Gasteiger partial charge in [0.15, 0.2) is 12.2 Å². The lowest BCUT2D eigenvalue weighted by atomic mass is 10.0. The minimum atomic E-state index is -0.328. The summed E-state index contributed by atoms with van der Waals surface area (Å²) >= 11 is 0. The van der Waals surface area contributed by atoms with Crippen LogP contribution in [-0.4, -0.2) is 52.1 Å². The number of rotatable bonds is 3. The van der Waals surface area contributed by atoms with Gasteiger partial charge in [0.05, 0.1) is 25.6 Å². The largest absolute Gasteiger partial charge is 0.446 e. The number of hydrogen-bond acceptors (Lipinski definition) is 7. The van der Waals surface area contributed by atoms with E-state index in [4.69, 9.17) is 9.15 Å². The summed E-state index contributed by atoms with van der Waals surface area (Å²) in [5.74, 6) is 0.453. The fourth-order valence-electron chi connectivity index (χ4n) is 3.87. The molecule has 0 N–H and O–H groups in total. The average molecular weight is 377 g/mol. The van der Waals surface area contributed by atoms with E-state index in [9.17, 15) is 4.79 Å². The molecule has 5 rings (SSSR count). The first kappa shape index (κ1) is 16.9. The second-order valence-corrected chi connectivity index (χ2v) is 6.81. The monoisotopic (exact) mass is 377 g/mol. The zero-order chi connectivity index (χ0) is 18.9. The van der Waals surface area contributed by atoms with Crippen LogP contribution in [0.25, 0.3) is 0 Å². The first-order valence-electron chi connectivity index (χ1n) is 9.22. The van der Waals surface area contributed by atoms with Crippen LogP contribution in [-0.2, 0) is 11.3 Å². The molecular formula is C20H19N5O3. The number of ether oxygens (including phenoxy) is 1. The minimum absolute atomic E-state index is 0.182. The molecule has 4 heterocycles. The molecule has 3 aromatic rings. The molecule has 2 aliphatic rings. The van der Waals surface area contributed by atoms with Crippen molar-refractivity contribution in [2.45, 2.75) is 12.6 Å². The number of hydrogen-bond donors (Lipinski definition) is 0. The highest BCUT2D eigenvalue weighted by atomic mass is 16.5. The van der Waals surface area contributed by atoms with Crippen molar-refractivity contribution in [3.63, 3.8) is 0 Å². The van der Waals surface area contributed by atoms with Gasteiger partial charge in [-0.15, -0.1) is 0 Å². The fraction of sp³-hybridized carbons (Fsp3) is 0.300. The lowest BCUT2D eigenvalue weighted by Gasteiger charge is -2.29. The quantitative estimate of drug-likeness (QED) is 0.691. The Morgan fingerprint density at radius 2 is 2.00 bits per heavy atom. The van der Waals surface area contributed by atoms with Crippen LogP contribution in [0.4, 0.5) is 5.69 Å². The third kappa shape index (κ3) is 2.91. The zero-order valence-corrected chi connectivity index (χ0v) is 15.2. The Hall–Kier alpha value is -3.26. The Balaban J connectivity index is 1.52. The van der Waals surface area contributed by atoms with Crippen molar-refractivity contribution in [1.82, 2.24) is 19.9 Å². The Labute approximate surface area is 161 Å². The first-order valence-corrected chi connectivity index (χ1v) is 9.22. The number of carbonyl (C=O) groups excluding carboxylic acids is 1. The van der Waals surface area contributed by atoms with Gasteiger partial charge in [0.1, 0.15) is 11.7 Å². The van der Waals surface area contributed by atoms with Gasteiger partial charge < -0.3 is 19.0 Å². The molecule has 0 saturated carbocycles. The Morgan fingerprint density at radius 1 is 1.11 bits per heavy atom. The summed E-state index contributed by atoms with van der Waals surface area (Å²) in [6.07, 6.45) is 7.61. The van der Waals surface area contributed by atoms with E-state index in [0.717, 1.165) is 43.1 Å². The van der Waals surface area contributed by atoms with Crippen LogP contribution < -0.4 is 4.90 Å². The van der Waals surface area contributed by atoms with Gasteiger partial charge in [-0.1, -0.05) is 6.07 Å². The normalized spacial score (nSPS) is 18.9. The second-order valence-electron chi connectivity index (χ2n) is 6.81. The molecule has 28 heavy (non-hydrogen) atoms. The van der Waals surface area contributed by atoms with Gasteiger partial charge in [-0.05, 0) is 23.3 Å². The molecule has 1 unspecified atom stereocenters. The summed E-state index contributed by atoms with van der Waals surface area (Å²) in [5, 5.41) is 0. The van der Waals surface area contributed by atoms with Crippen LogP contribution in [0.15, 0.2) is 53.8 Å². The predicted molar refractivity (Wildman–Crippen MR) is 99.7 cm³/mol. The number of fused-ring (bicyclic) bond motifs is 1. The lowest BCUT2D eigenvalue weighted by Crippen LogP contribution is -2.36. The minimum Gasteiger partial charge on any atom is -0.446 e. The molecule has 1 amide bonds. The molecule has 2 aromatic heterocycles. The highest BCUT2D eigenvalue weighted by Crippen LogP contribution is 2.40. The van der Waals surface area contributed by atoms with Gasteiger partial charge in [-0.3, -0.25) is 9.78 Å². The third-order valence-corrected chi connectivity index (χ3v) is 5.21. The molecule has 2 aliphatic heterocycles. The average Bonchev–Trinajstić information content (AvgIpc) is 3.41. The van der Waals surface area contributed by atoms with E-state index in [1.807, 2.05) is 0 Å². The van der Waals surface area contributed by atoms with Gasteiger partial charge in [0, 0.05) is 37.7 Å². The summed E-state index contributed by atoms with van der Waals surface area (Å²) in [5.41, 5.74) is 3.61. The maximum atomic E-state index is 13.1. The van der Waals surface area contributed by atoms with Gasteiger partial charge in [0.2, 0.25) is 0 Å². The highest BCUT2D eigenvalue weighted by molar-refractivity contribution is 5.93. The number of amides is 1. The number of oxazole rings is 1.